The first-order valence-corrected chi connectivity index (χ1v) is 7.16. The van der Waals surface area contributed by atoms with E-state index in [0.29, 0.717) is 12.6 Å². The lowest BCUT2D eigenvalue weighted by Gasteiger charge is -2.41. The summed E-state index contributed by atoms with van der Waals surface area (Å²) in [5.74, 6) is 0. The number of rotatable bonds is 4. The minimum absolute atomic E-state index is 0.238. The van der Waals surface area contributed by atoms with Crippen LogP contribution in [0.3, 0.4) is 0 Å². The minimum atomic E-state index is -0.238. The molecule has 0 saturated carbocycles. The second kappa shape index (κ2) is 6.13. The number of hydrogen-bond acceptors (Lipinski definition) is 4. The number of carbonyl (C=O) groups excluding carboxylic acids is 1. The van der Waals surface area contributed by atoms with E-state index >= 15 is 0 Å². The summed E-state index contributed by atoms with van der Waals surface area (Å²) in [6.45, 7) is 11.2. The molecule has 0 amide bonds. The van der Waals surface area contributed by atoms with Crippen molar-refractivity contribution < 1.29 is 9.53 Å². The van der Waals surface area contributed by atoms with E-state index in [0.717, 1.165) is 58.5 Å². The van der Waals surface area contributed by atoms with Gasteiger partial charge in [0.25, 0.3) is 0 Å². The van der Waals surface area contributed by atoms with E-state index in [2.05, 4.69) is 23.6 Å². The molecular formula is C14H26N2O2. The standard InChI is InChI=1S/C14H26N2O2/c1-13(2)16-7-5-15(6-8-16)10-14(11-17)4-3-9-18-12-14/h11,13H,3-10,12H2,1-2H3. The third-order valence-corrected chi connectivity index (χ3v) is 4.28. The maximum Gasteiger partial charge on any atom is 0.129 e. The zero-order chi connectivity index (χ0) is 13.0. The summed E-state index contributed by atoms with van der Waals surface area (Å²) in [6.07, 6.45) is 3.15. The van der Waals surface area contributed by atoms with E-state index in [9.17, 15) is 4.79 Å². The van der Waals surface area contributed by atoms with E-state index in [4.69, 9.17) is 4.74 Å². The summed E-state index contributed by atoms with van der Waals surface area (Å²) < 4.78 is 5.51. The smallest absolute Gasteiger partial charge is 0.129 e. The van der Waals surface area contributed by atoms with Gasteiger partial charge in [0.1, 0.15) is 6.29 Å². The molecule has 0 aromatic rings. The summed E-state index contributed by atoms with van der Waals surface area (Å²) in [6, 6.07) is 0.630. The van der Waals surface area contributed by atoms with Gasteiger partial charge < -0.3 is 9.53 Å². The minimum Gasteiger partial charge on any atom is -0.380 e. The SMILES string of the molecule is CC(C)N1CCN(CC2(C=O)CCCOC2)CC1. The lowest BCUT2D eigenvalue weighted by molar-refractivity contribution is -0.126. The van der Waals surface area contributed by atoms with E-state index in [1.54, 1.807) is 0 Å². The fourth-order valence-corrected chi connectivity index (χ4v) is 3.01. The fourth-order valence-electron chi connectivity index (χ4n) is 3.01. The lowest BCUT2D eigenvalue weighted by Crippen LogP contribution is -2.53. The molecule has 2 saturated heterocycles. The molecule has 2 aliphatic heterocycles. The third-order valence-electron chi connectivity index (χ3n) is 4.28. The number of piperazine rings is 1. The molecule has 0 N–H and O–H groups in total. The molecular weight excluding hydrogens is 228 g/mol. The van der Waals surface area contributed by atoms with Gasteiger partial charge in [-0.05, 0) is 26.7 Å². The maximum absolute atomic E-state index is 11.4. The molecule has 0 radical (unpaired) electrons. The molecule has 0 aromatic carbocycles. The Labute approximate surface area is 110 Å². The number of carbonyl (C=O) groups is 1. The van der Waals surface area contributed by atoms with Crippen molar-refractivity contribution in [2.75, 3.05) is 45.9 Å². The Morgan fingerprint density at radius 1 is 1.28 bits per heavy atom. The van der Waals surface area contributed by atoms with Crippen LogP contribution in [0.2, 0.25) is 0 Å². The largest absolute Gasteiger partial charge is 0.380 e. The van der Waals surface area contributed by atoms with Gasteiger partial charge in [-0.25, -0.2) is 0 Å². The molecule has 2 aliphatic rings. The summed E-state index contributed by atoms with van der Waals surface area (Å²) in [5, 5.41) is 0. The van der Waals surface area contributed by atoms with Gasteiger partial charge in [-0.3, -0.25) is 9.80 Å². The van der Waals surface area contributed by atoms with Crippen LogP contribution in [0.1, 0.15) is 26.7 Å². The summed E-state index contributed by atoms with van der Waals surface area (Å²) in [5.41, 5.74) is -0.238. The van der Waals surface area contributed by atoms with E-state index < -0.39 is 0 Å². The predicted octanol–water partition coefficient (Wildman–Crippen LogP) is 1.01. The summed E-state index contributed by atoms with van der Waals surface area (Å²) in [4.78, 5) is 16.3. The quantitative estimate of drug-likeness (QED) is 0.701. The molecule has 0 aliphatic carbocycles. The van der Waals surface area contributed by atoms with Crippen LogP contribution in [0.4, 0.5) is 0 Å². The molecule has 18 heavy (non-hydrogen) atoms. The van der Waals surface area contributed by atoms with Gasteiger partial charge in [0, 0.05) is 45.4 Å². The van der Waals surface area contributed by atoms with Crippen molar-refractivity contribution in [2.24, 2.45) is 5.41 Å². The van der Waals surface area contributed by atoms with Gasteiger partial charge in [0.2, 0.25) is 0 Å². The summed E-state index contributed by atoms with van der Waals surface area (Å²) >= 11 is 0. The Balaban J connectivity index is 1.84. The van der Waals surface area contributed by atoms with E-state index in [-0.39, 0.29) is 5.41 Å². The zero-order valence-electron chi connectivity index (χ0n) is 11.7. The zero-order valence-corrected chi connectivity index (χ0v) is 11.7. The average molecular weight is 254 g/mol. The first kappa shape index (κ1) is 14.0. The van der Waals surface area contributed by atoms with Crippen molar-refractivity contribution in [3.05, 3.63) is 0 Å². The van der Waals surface area contributed by atoms with Crippen LogP contribution in [0.25, 0.3) is 0 Å². The Morgan fingerprint density at radius 3 is 2.50 bits per heavy atom. The third kappa shape index (κ3) is 3.31. The van der Waals surface area contributed by atoms with Gasteiger partial charge in [0.15, 0.2) is 0 Å². The van der Waals surface area contributed by atoms with Crippen molar-refractivity contribution in [2.45, 2.75) is 32.7 Å². The highest BCUT2D eigenvalue weighted by Gasteiger charge is 2.35. The van der Waals surface area contributed by atoms with Gasteiger partial charge in [-0.2, -0.15) is 0 Å². The van der Waals surface area contributed by atoms with Crippen LogP contribution < -0.4 is 0 Å². The van der Waals surface area contributed by atoms with Gasteiger partial charge in [-0.15, -0.1) is 0 Å². The molecule has 0 spiro atoms. The molecule has 4 heteroatoms. The van der Waals surface area contributed by atoms with Gasteiger partial charge in [0.05, 0.1) is 12.0 Å². The van der Waals surface area contributed by atoms with Crippen LogP contribution in [-0.2, 0) is 9.53 Å². The lowest BCUT2D eigenvalue weighted by atomic mass is 9.83. The van der Waals surface area contributed by atoms with Crippen LogP contribution in [0.5, 0.6) is 0 Å². The van der Waals surface area contributed by atoms with Crippen molar-refractivity contribution >= 4 is 6.29 Å². The fraction of sp³-hybridized carbons (Fsp3) is 0.929. The molecule has 2 heterocycles. The second-order valence-corrected chi connectivity index (χ2v) is 6.04. The van der Waals surface area contributed by atoms with Crippen molar-refractivity contribution in [3.63, 3.8) is 0 Å². The first-order chi connectivity index (χ1) is 8.65. The van der Waals surface area contributed by atoms with Crippen molar-refractivity contribution in [1.82, 2.24) is 9.80 Å². The second-order valence-electron chi connectivity index (χ2n) is 6.04. The van der Waals surface area contributed by atoms with Crippen molar-refractivity contribution in [3.8, 4) is 0 Å². The van der Waals surface area contributed by atoms with Crippen LogP contribution in [-0.4, -0.2) is 68.1 Å². The predicted molar refractivity (Wildman–Crippen MR) is 71.7 cm³/mol. The normalized spacial score (nSPS) is 31.7. The molecule has 1 unspecified atom stereocenters. The van der Waals surface area contributed by atoms with E-state index in [1.165, 1.54) is 0 Å². The maximum atomic E-state index is 11.4. The Kier molecular flexibility index (Phi) is 4.76. The molecule has 0 aromatic heterocycles. The van der Waals surface area contributed by atoms with E-state index in [1.807, 2.05) is 0 Å². The van der Waals surface area contributed by atoms with Crippen LogP contribution >= 0.6 is 0 Å². The highest BCUT2D eigenvalue weighted by Crippen LogP contribution is 2.27. The number of ether oxygens (including phenoxy) is 1. The first-order valence-electron chi connectivity index (χ1n) is 7.16. The number of hydrogen-bond donors (Lipinski definition) is 0. The molecule has 2 rings (SSSR count). The molecule has 2 fully saturated rings. The van der Waals surface area contributed by atoms with Gasteiger partial charge >= 0.3 is 0 Å². The van der Waals surface area contributed by atoms with Gasteiger partial charge in [-0.1, -0.05) is 0 Å². The molecule has 1 atom stereocenters. The molecule has 0 bridgehead atoms. The Morgan fingerprint density at radius 2 is 2.00 bits per heavy atom. The monoisotopic (exact) mass is 254 g/mol. The van der Waals surface area contributed by atoms with Crippen LogP contribution in [0.15, 0.2) is 0 Å². The average Bonchev–Trinajstić information content (AvgIpc) is 2.40. The van der Waals surface area contributed by atoms with Crippen LogP contribution in [0, 0.1) is 5.41 Å². The topological polar surface area (TPSA) is 32.8 Å². The number of aldehydes is 1. The molecule has 104 valence electrons. The number of nitrogens with zero attached hydrogens (tertiary/aromatic N) is 2. The highest BCUT2D eigenvalue weighted by molar-refractivity contribution is 5.60. The Bertz CT molecular complexity index is 267. The van der Waals surface area contributed by atoms with Crippen molar-refractivity contribution in [1.29, 1.82) is 0 Å². The highest BCUT2D eigenvalue weighted by atomic mass is 16.5. The Hall–Kier alpha value is -0.450. The molecule has 4 nitrogen and oxygen atoms in total. The summed E-state index contributed by atoms with van der Waals surface area (Å²) in [7, 11) is 0.